The van der Waals surface area contributed by atoms with E-state index in [2.05, 4.69) is 25.8 Å². The van der Waals surface area contributed by atoms with Crippen LogP contribution in [0.2, 0.25) is 0 Å². The van der Waals surface area contributed by atoms with Crippen LogP contribution < -0.4 is 20.7 Å². The fraction of sp³-hybridized carbons (Fsp3) is 0.448. The molecule has 2 aliphatic heterocycles. The largest absolute Gasteiger partial charge is 0.491 e. The molecule has 1 fully saturated rings. The van der Waals surface area contributed by atoms with E-state index in [1.54, 1.807) is 0 Å². The van der Waals surface area contributed by atoms with E-state index in [0.29, 0.717) is 31.5 Å². The van der Waals surface area contributed by atoms with Gasteiger partial charge in [0, 0.05) is 30.4 Å². The monoisotopic (exact) mass is 578 g/mol. The second-order valence-electron chi connectivity index (χ2n) is 11.2. The van der Waals surface area contributed by atoms with Gasteiger partial charge in [0.2, 0.25) is 0 Å². The third kappa shape index (κ3) is 5.59. The van der Waals surface area contributed by atoms with E-state index in [1.165, 1.54) is 11.3 Å². The van der Waals surface area contributed by atoms with Gasteiger partial charge in [-0.05, 0) is 57.9 Å². The Bertz CT molecular complexity index is 1620. The lowest BCUT2D eigenvalue weighted by Gasteiger charge is -2.36. The minimum Gasteiger partial charge on any atom is -0.491 e. The van der Waals surface area contributed by atoms with E-state index in [4.69, 9.17) is 24.9 Å². The SMILES string of the molecule is CC(C)(C)OC(=O)Nc1nc2ccc(-c3nc4cc(N5CCOC[C@H]5C(=O)CN)cc5c4n3CCCCO5)cc2s1. The number of hydrogen-bond donors (Lipinski definition) is 2. The summed E-state index contributed by atoms with van der Waals surface area (Å²) in [5.41, 5.74) is 9.45. The molecule has 1 saturated heterocycles. The number of aryl methyl sites for hydroxylation is 1. The highest BCUT2D eigenvalue weighted by molar-refractivity contribution is 7.22. The van der Waals surface area contributed by atoms with Crippen LogP contribution in [-0.4, -0.2) is 71.0 Å². The number of carbonyl (C=O) groups is 2. The van der Waals surface area contributed by atoms with Gasteiger partial charge < -0.3 is 29.4 Å². The number of amides is 1. The molecule has 6 rings (SSSR count). The standard InChI is InChI=1S/C29H34N6O5S/c1-29(2,3)40-28(37)33-27-32-19-7-6-17(12-24(19)41-27)26-31-20-13-18(34-9-11-38-16-21(34)22(36)15-30)14-23-25(20)35(26)8-4-5-10-39-23/h6-7,12-14,21H,4-5,8-11,15-16,30H2,1-3H3,(H,32,33,37)/t21-/m0/s1. The van der Waals surface area contributed by atoms with Gasteiger partial charge in [-0.1, -0.05) is 11.3 Å². The molecule has 0 aliphatic carbocycles. The Morgan fingerprint density at radius 3 is 2.78 bits per heavy atom. The number of rotatable bonds is 5. The number of thiazole rings is 1. The number of hydrogen-bond acceptors (Lipinski definition) is 10. The highest BCUT2D eigenvalue weighted by Crippen LogP contribution is 2.39. The highest BCUT2D eigenvalue weighted by atomic mass is 32.1. The maximum Gasteiger partial charge on any atom is 0.413 e. The van der Waals surface area contributed by atoms with Crippen LogP contribution in [0.4, 0.5) is 15.6 Å². The second-order valence-corrected chi connectivity index (χ2v) is 12.3. The third-order valence-corrected chi connectivity index (χ3v) is 8.05. The van der Waals surface area contributed by atoms with Gasteiger partial charge in [0.15, 0.2) is 10.9 Å². The van der Waals surface area contributed by atoms with Gasteiger partial charge >= 0.3 is 6.09 Å². The number of nitrogens with two attached hydrogens (primary N) is 1. The Morgan fingerprint density at radius 2 is 1.98 bits per heavy atom. The number of Topliss-reactive ketones (excluding diaryl/α,β-unsaturated/α-hetero) is 1. The fourth-order valence-corrected chi connectivity index (χ4v) is 6.20. The van der Waals surface area contributed by atoms with Crippen LogP contribution in [0, 0.1) is 0 Å². The van der Waals surface area contributed by atoms with E-state index in [0.717, 1.165) is 63.5 Å². The lowest BCUT2D eigenvalue weighted by atomic mass is 10.1. The molecule has 0 radical (unpaired) electrons. The summed E-state index contributed by atoms with van der Waals surface area (Å²) in [4.78, 5) is 36.6. The van der Waals surface area contributed by atoms with Gasteiger partial charge in [-0.2, -0.15) is 0 Å². The predicted molar refractivity (Wildman–Crippen MR) is 159 cm³/mol. The number of morpholine rings is 1. The number of benzene rings is 2. The number of ketones is 1. The highest BCUT2D eigenvalue weighted by Gasteiger charge is 2.30. The van der Waals surface area contributed by atoms with Gasteiger partial charge in [0.1, 0.15) is 28.7 Å². The molecule has 3 N–H and O–H groups in total. The summed E-state index contributed by atoms with van der Waals surface area (Å²) in [6.07, 6.45) is 1.34. The van der Waals surface area contributed by atoms with Crippen LogP contribution >= 0.6 is 11.3 Å². The van der Waals surface area contributed by atoms with Crippen molar-refractivity contribution in [3.63, 3.8) is 0 Å². The van der Waals surface area contributed by atoms with Crippen molar-refractivity contribution in [1.82, 2.24) is 14.5 Å². The molecule has 0 unspecified atom stereocenters. The van der Waals surface area contributed by atoms with Gasteiger partial charge in [0.25, 0.3) is 0 Å². The molecule has 2 aromatic carbocycles. The fourth-order valence-electron chi connectivity index (χ4n) is 5.31. The van der Waals surface area contributed by atoms with Crippen LogP contribution in [0.3, 0.4) is 0 Å². The zero-order valence-electron chi connectivity index (χ0n) is 23.4. The van der Waals surface area contributed by atoms with Gasteiger partial charge in [-0.15, -0.1) is 0 Å². The number of imidazole rings is 1. The van der Waals surface area contributed by atoms with Crippen molar-refractivity contribution >= 4 is 55.3 Å². The number of aromatic nitrogens is 3. The summed E-state index contributed by atoms with van der Waals surface area (Å²) in [6, 6.07) is 9.60. The number of anilines is 2. The topological polar surface area (TPSA) is 134 Å². The molecule has 0 saturated carbocycles. The molecule has 12 heteroatoms. The summed E-state index contributed by atoms with van der Waals surface area (Å²) in [5, 5.41) is 3.21. The Morgan fingerprint density at radius 1 is 1.12 bits per heavy atom. The first-order valence-electron chi connectivity index (χ1n) is 13.9. The van der Waals surface area contributed by atoms with E-state index in [9.17, 15) is 9.59 Å². The number of fused-ring (bicyclic) bond motifs is 1. The summed E-state index contributed by atoms with van der Waals surface area (Å²) in [7, 11) is 0. The maximum absolute atomic E-state index is 12.6. The summed E-state index contributed by atoms with van der Waals surface area (Å²) in [5.74, 6) is 1.53. The van der Waals surface area contributed by atoms with Crippen molar-refractivity contribution in [2.24, 2.45) is 5.73 Å². The van der Waals surface area contributed by atoms with Crippen molar-refractivity contribution in [3.8, 4) is 17.1 Å². The molecule has 11 nitrogen and oxygen atoms in total. The first-order chi connectivity index (χ1) is 19.7. The average Bonchev–Trinajstić information content (AvgIpc) is 3.49. The normalized spacial score (nSPS) is 17.7. The number of nitrogens with one attached hydrogen (secondary N) is 1. The maximum atomic E-state index is 12.6. The van der Waals surface area contributed by atoms with Crippen molar-refractivity contribution in [1.29, 1.82) is 0 Å². The van der Waals surface area contributed by atoms with Crippen molar-refractivity contribution in [2.75, 3.05) is 43.1 Å². The minimum absolute atomic E-state index is 0.0377. The van der Waals surface area contributed by atoms with E-state index in [1.807, 2.05) is 45.0 Å². The predicted octanol–water partition coefficient (Wildman–Crippen LogP) is 4.57. The van der Waals surface area contributed by atoms with Crippen molar-refractivity contribution in [2.45, 2.75) is 51.8 Å². The Labute approximate surface area is 241 Å². The van der Waals surface area contributed by atoms with Crippen molar-refractivity contribution in [3.05, 3.63) is 30.3 Å². The quantitative estimate of drug-likeness (QED) is 0.349. The summed E-state index contributed by atoms with van der Waals surface area (Å²) >= 11 is 1.39. The van der Waals surface area contributed by atoms with Crippen LogP contribution in [-0.2, 0) is 20.8 Å². The average molecular weight is 579 g/mol. The smallest absolute Gasteiger partial charge is 0.413 e. The summed E-state index contributed by atoms with van der Waals surface area (Å²) < 4.78 is 20.4. The van der Waals surface area contributed by atoms with Crippen LogP contribution in [0.15, 0.2) is 30.3 Å². The molecular formula is C29H34N6O5S. The molecular weight excluding hydrogens is 544 g/mol. The molecule has 1 amide bonds. The van der Waals surface area contributed by atoms with Gasteiger partial charge in [0.05, 0.1) is 42.1 Å². The van der Waals surface area contributed by atoms with Gasteiger partial charge in [-0.3, -0.25) is 10.1 Å². The number of carbonyl (C=O) groups excluding carboxylic acids is 2. The zero-order valence-corrected chi connectivity index (χ0v) is 24.3. The number of ether oxygens (including phenoxy) is 3. The molecule has 216 valence electrons. The molecule has 1 atom stereocenters. The molecule has 4 aromatic rings. The van der Waals surface area contributed by atoms with Crippen molar-refractivity contribution < 1.29 is 23.8 Å². The molecule has 0 bridgehead atoms. The van der Waals surface area contributed by atoms with E-state index < -0.39 is 17.7 Å². The van der Waals surface area contributed by atoms with Crippen LogP contribution in [0.1, 0.15) is 33.6 Å². The molecule has 4 heterocycles. The van der Waals surface area contributed by atoms with E-state index >= 15 is 0 Å². The molecule has 2 aromatic heterocycles. The first-order valence-corrected chi connectivity index (χ1v) is 14.7. The minimum atomic E-state index is -0.597. The number of nitrogens with zero attached hydrogens (tertiary/aromatic N) is 4. The second kappa shape index (κ2) is 10.9. The Balaban J connectivity index is 1.39. The molecule has 2 aliphatic rings. The molecule has 41 heavy (non-hydrogen) atoms. The zero-order chi connectivity index (χ0) is 28.7. The Kier molecular flexibility index (Phi) is 7.30. The van der Waals surface area contributed by atoms with Crippen LogP contribution in [0.5, 0.6) is 5.75 Å². The first kappa shape index (κ1) is 27.4. The lowest BCUT2D eigenvalue weighted by molar-refractivity contribution is -0.121. The van der Waals surface area contributed by atoms with Gasteiger partial charge in [-0.25, -0.2) is 14.8 Å². The van der Waals surface area contributed by atoms with E-state index in [-0.39, 0.29) is 12.3 Å². The Hall–Kier alpha value is -3.74. The molecule has 0 spiro atoms. The lowest BCUT2D eigenvalue weighted by Crippen LogP contribution is -2.51. The van der Waals surface area contributed by atoms with Crippen LogP contribution in [0.25, 0.3) is 32.6 Å². The third-order valence-electron chi connectivity index (χ3n) is 7.11. The summed E-state index contributed by atoms with van der Waals surface area (Å²) in [6.45, 7) is 8.27.